The average Bonchev–Trinajstić information content (AvgIpc) is 2.16. The Kier molecular flexibility index (Phi) is 3.43. The van der Waals surface area contributed by atoms with Gasteiger partial charge in [-0.1, -0.05) is 18.1 Å². The molecule has 0 unspecified atom stereocenters. The van der Waals surface area contributed by atoms with E-state index in [0.29, 0.717) is 0 Å². The van der Waals surface area contributed by atoms with Crippen LogP contribution < -0.4 is 0 Å². The van der Waals surface area contributed by atoms with Crippen LogP contribution in [0.3, 0.4) is 0 Å². The van der Waals surface area contributed by atoms with Crippen molar-refractivity contribution in [3.8, 4) is 0 Å². The van der Waals surface area contributed by atoms with E-state index < -0.39 is 0 Å². The van der Waals surface area contributed by atoms with Crippen LogP contribution in [0.15, 0.2) is 23.5 Å². The van der Waals surface area contributed by atoms with Crippen molar-refractivity contribution in [1.82, 2.24) is 4.98 Å². The van der Waals surface area contributed by atoms with Gasteiger partial charge < -0.3 is 4.84 Å². The van der Waals surface area contributed by atoms with Gasteiger partial charge in [0.05, 0.1) is 5.69 Å². The Bertz CT molecular complexity index is 308. The normalized spacial score (nSPS) is 11.5. The number of rotatable bonds is 3. The summed E-state index contributed by atoms with van der Waals surface area (Å²) in [5.74, 6) is 0. The van der Waals surface area contributed by atoms with E-state index in [1.54, 1.807) is 13.3 Å². The zero-order valence-electron chi connectivity index (χ0n) is 8.24. The number of nitrogens with zero attached hydrogens (tertiary/aromatic N) is 2. The fourth-order valence-electron chi connectivity index (χ4n) is 1.17. The van der Waals surface area contributed by atoms with Gasteiger partial charge in [-0.05, 0) is 25.0 Å². The van der Waals surface area contributed by atoms with Gasteiger partial charge >= 0.3 is 0 Å². The van der Waals surface area contributed by atoms with Crippen LogP contribution in [-0.2, 0) is 4.84 Å². The van der Waals surface area contributed by atoms with Gasteiger partial charge in [-0.3, -0.25) is 4.98 Å². The van der Waals surface area contributed by atoms with Gasteiger partial charge in [0.15, 0.2) is 0 Å². The van der Waals surface area contributed by atoms with Crippen molar-refractivity contribution in [2.75, 3.05) is 7.11 Å². The summed E-state index contributed by atoms with van der Waals surface area (Å²) in [7, 11) is 1.55. The molecule has 0 N–H and O–H groups in total. The number of hydrogen-bond donors (Lipinski definition) is 0. The van der Waals surface area contributed by atoms with Gasteiger partial charge in [-0.25, -0.2) is 0 Å². The lowest BCUT2D eigenvalue weighted by Gasteiger charge is -2.04. The van der Waals surface area contributed by atoms with E-state index >= 15 is 0 Å². The molecule has 0 atom stereocenters. The molecular formula is C10H14N2O. The van der Waals surface area contributed by atoms with E-state index in [1.165, 1.54) is 0 Å². The van der Waals surface area contributed by atoms with E-state index in [4.69, 9.17) is 4.84 Å². The van der Waals surface area contributed by atoms with E-state index in [2.05, 4.69) is 10.1 Å². The fraction of sp³-hybridized carbons (Fsp3) is 0.400. The Balaban J connectivity index is 3.05. The van der Waals surface area contributed by atoms with E-state index in [9.17, 15) is 0 Å². The van der Waals surface area contributed by atoms with E-state index in [-0.39, 0.29) is 0 Å². The first-order chi connectivity index (χ1) is 6.29. The molecule has 0 fully saturated rings. The van der Waals surface area contributed by atoms with Gasteiger partial charge in [0.2, 0.25) is 0 Å². The summed E-state index contributed by atoms with van der Waals surface area (Å²) < 4.78 is 0. The van der Waals surface area contributed by atoms with Crippen LogP contribution in [0.4, 0.5) is 0 Å². The first-order valence-electron chi connectivity index (χ1n) is 4.31. The predicted octanol–water partition coefficient (Wildman–Crippen LogP) is 2.15. The SMILES string of the molecule is CC/C(=N/OC)c1ncccc1C. The molecule has 1 rings (SSSR count). The van der Waals surface area contributed by atoms with Crippen molar-refractivity contribution < 1.29 is 4.84 Å². The highest BCUT2D eigenvalue weighted by molar-refractivity contribution is 5.99. The van der Waals surface area contributed by atoms with Gasteiger partial charge in [0.1, 0.15) is 12.8 Å². The molecule has 13 heavy (non-hydrogen) atoms. The number of hydrogen-bond acceptors (Lipinski definition) is 3. The molecule has 1 aromatic heterocycles. The van der Waals surface area contributed by atoms with Crippen LogP contribution in [0, 0.1) is 6.92 Å². The third-order valence-corrected chi connectivity index (χ3v) is 1.82. The lowest BCUT2D eigenvalue weighted by Crippen LogP contribution is -2.04. The maximum absolute atomic E-state index is 4.75. The summed E-state index contributed by atoms with van der Waals surface area (Å²) >= 11 is 0. The predicted molar refractivity (Wildman–Crippen MR) is 52.8 cm³/mol. The third-order valence-electron chi connectivity index (χ3n) is 1.82. The smallest absolute Gasteiger partial charge is 0.106 e. The summed E-state index contributed by atoms with van der Waals surface area (Å²) in [6, 6.07) is 3.93. The summed E-state index contributed by atoms with van der Waals surface area (Å²) in [6.07, 6.45) is 2.59. The van der Waals surface area contributed by atoms with Crippen LogP contribution in [0.1, 0.15) is 24.6 Å². The molecule has 0 bridgehead atoms. The minimum Gasteiger partial charge on any atom is -0.399 e. The van der Waals surface area contributed by atoms with E-state index in [0.717, 1.165) is 23.4 Å². The molecule has 3 heteroatoms. The van der Waals surface area contributed by atoms with Crippen molar-refractivity contribution in [2.45, 2.75) is 20.3 Å². The summed E-state index contributed by atoms with van der Waals surface area (Å²) in [5.41, 5.74) is 2.94. The molecular weight excluding hydrogens is 164 g/mol. The topological polar surface area (TPSA) is 34.5 Å². The number of oxime groups is 1. The van der Waals surface area contributed by atoms with Gasteiger partial charge in [0.25, 0.3) is 0 Å². The molecule has 1 aromatic rings. The van der Waals surface area contributed by atoms with E-state index in [1.807, 2.05) is 26.0 Å². The second-order valence-electron chi connectivity index (χ2n) is 2.74. The lowest BCUT2D eigenvalue weighted by atomic mass is 10.1. The largest absolute Gasteiger partial charge is 0.399 e. The molecule has 70 valence electrons. The van der Waals surface area contributed by atoms with Crippen molar-refractivity contribution >= 4 is 5.71 Å². The number of aryl methyl sites for hydroxylation is 1. The van der Waals surface area contributed by atoms with Crippen LogP contribution in [0.5, 0.6) is 0 Å². The molecule has 0 aliphatic heterocycles. The van der Waals surface area contributed by atoms with Crippen molar-refractivity contribution in [1.29, 1.82) is 0 Å². The maximum atomic E-state index is 4.75. The Morgan fingerprint density at radius 1 is 1.62 bits per heavy atom. The van der Waals surface area contributed by atoms with Gasteiger partial charge in [0, 0.05) is 6.20 Å². The molecule has 0 radical (unpaired) electrons. The van der Waals surface area contributed by atoms with Gasteiger partial charge in [-0.15, -0.1) is 0 Å². The van der Waals surface area contributed by atoms with Crippen LogP contribution in [0.25, 0.3) is 0 Å². The standard InChI is InChI=1S/C10H14N2O/c1-4-9(12-13-3)10-8(2)6-5-7-11-10/h5-7H,4H2,1-3H3/b12-9-. The molecule has 0 saturated carbocycles. The van der Waals surface area contributed by atoms with Crippen LogP contribution >= 0.6 is 0 Å². The Morgan fingerprint density at radius 2 is 2.38 bits per heavy atom. The Hall–Kier alpha value is -1.38. The molecule has 0 aliphatic rings. The molecule has 1 heterocycles. The van der Waals surface area contributed by atoms with Crippen molar-refractivity contribution in [3.05, 3.63) is 29.6 Å². The third kappa shape index (κ3) is 2.28. The highest BCUT2D eigenvalue weighted by atomic mass is 16.6. The summed E-state index contributed by atoms with van der Waals surface area (Å²) in [6.45, 7) is 4.05. The minimum atomic E-state index is 0.825. The second-order valence-corrected chi connectivity index (χ2v) is 2.74. The summed E-state index contributed by atoms with van der Waals surface area (Å²) in [4.78, 5) is 9.01. The molecule has 0 amide bonds. The second kappa shape index (κ2) is 4.60. The average molecular weight is 178 g/mol. The van der Waals surface area contributed by atoms with Crippen LogP contribution in [-0.4, -0.2) is 17.8 Å². The lowest BCUT2D eigenvalue weighted by molar-refractivity contribution is 0.213. The maximum Gasteiger partial charge on any atom is 0.106 e. The van der Waals surface area contributed by atoms with Crippen LogP contribution in [0.2, 0.25) is 0 Å². The van der Waals surface area contributed by atoms with Crippen molar-refractivity contribution in [2.24, 2.45) is 5.16 Å². The number of aromatic nitrogens is 1. The highest BCUT2D eigenvalue weighted by Crippen LogP contribution is 2.07. The molecule has 0 aromatic carbocycles. The zero-order chi connectivity index (χ0) is 9.68. The van der Waals surface area contributed by atoms with Gasteiger partial charge in [-0.2, -0.15) is 0 Å². The monoisotopic (exact) mass is 178 g/mol. The molecule has 0 saturated heterocycles. The first-order valence-corrected chi connectivity index (χ1v) is 4.31. The zero-order valence-corrected chi connectivity index (χ0v) is 8.24. The molecule has 0 aliphatic carbocycles. The van der Waals surface area contributed by atoms with Crippen molar-refractivity contribution in [3.63, 3.8) is 0 Å². The Morgan fingerprint density at radius 3 is 2.92 bits per heavy atom. The fourth-order valence-corrected chi connectivity index (χ4v) is 1.17. The molecule has 3 nitrogen and oxygen atoms in total. The highest BCUT2D eigenvalue weighted by Gasteiger charge is 2.05. The number of pyridine rings is 1. The summed E-state index contributed by atoms with van der Waals surface area (Å²) in [5, 5.41) is 3.93. The quantitative estimate of drug-likeness (QED) is 0.525. The molecule has 0 spiro atoms. The minimum absolute atomic E-state index is 0.825. The Labute approximate surface area is 78.4 Å². The first kappa shape index (κ1) is 9.71.